The first-order valence-electron chi connectivity index (χ1n) is 6.87. The monoisotopic (exact) mass is 262 g/mol. The normalized spacial score (nSPS) is 18.2. The predicted molar refractivity (Wildman–Crippen MR) is 75.1 cm³/mol. The molecule has 0 atom stereocenters. The first-order valence-corrected chi connectivity index (χ1v) is 6.87. The van der Waals surface area contributed by atoms with Gasteiger partial charge in [-0.15, -0.1) is 0 Å². The molecule has 1 saturated heterocycles. The van der Waals surface area contributed by atoms with Crippen LogP contribution in [0.1, 0.15) is 43.6 Å². The van der Waals surface area contributed by atoms with Crippen LogP contribution >= 0.6 is 0 Å². The van der Waals surface area contributed by atoms with Crippen molar-refractivity contribution in [3.05, 3.63) is 18.1 Å². The fourth-order valence-electron chi connectivity index (χ4n) is 2.35. The lowest BCUT2D eigenvalue weighted by Gasteiger charge is -2.38. The molecule has 0 aliphatic carbocycles. The summed E-state index contributed by atoms with van der Waals surface area (Å²) in [5, 5.41) is 2.90. The minimum Gasteiger partial charge on any atom is -0.372 e. The fraction of sp³-hybridized carbons (Fsp3) is 0.643. The number of aromatic nitrogens is 2. The van der Waals surface area contributed by atoms with Crippen molar-refractivity contribution in [3.8, 4) is 0 Å². The van der Waals surface area contributed by atoms with Gasteiger partial charge >= 0.3 is 0 Å². The fourth-order valence-corrected chi connectivity index (χ4v) is 2.35. The summed E-state index contributed by atoms with van der Waals surface area (Å²) in [6.45, 7) is 6.15. The van der Waals surface area contributed by atoms with Gasteiger partial charge < -0.3 is 10.2 Å². The van der Waals surface area contributed by atoms with Crippen molar-refractivity contribution in [1.29, 1.82) is 0 Å². The van der Waals surface area contributed by atoms with Gasteiger partial charge in [-0.1, -0.05) is 20.3 Å². The van der Waals surface area contributed by atoms with Crippen molar-refractivity contribution in [3.63, 3.8) is 0 Å². The van der Waals surface area contributed by atoms with E-state index in [1.807, 2.05) is 4.90 Å². The molecule has 2 rings (SSSR count). The molecular weight excluding hydrogens is 240 g/mol. The Morgan fingerprint density at radius 3 is 2.68 bits per heavy atom. The second-order valence-electron chi connectivity index (χ2n) is 5.50. The zero-order chi connectivity index (χ0) is 13.9. The highest BCUT2D eigenvalue weighted by atomic mass is 16.2. The van der Waals surface area contributed by atoms with E-state index >= 15 is 0 Å². The van der Waals surface area contributed by atoms with Gasteiger partial charge in [-0.25, -0.2) is 4.98 Å². The molecule has 1 amide bonds. The van der Waals surface area contributed by atoms with E-state index in [4.69, 9.17) is 0 Å². The molecular formula is C14H22N4O. The quantitative estimate of drug-likeness (QED) is 0.907. The van der Waals surface area contributed by atoms with E-state index in [0.717, 1.165) is 25.9 Å². The van der Waals surface area contributed by atoms with E-state index in [1.54, 1.807) is 13.2 Å². The zero-order valence-electron chi connectivity index (χ0n) is 11.9. The lowest BCUT2D eigenvalue weighted by Crippen LogP contribution is -2.42. The van der Waals surface area contributed by atoms with Gasteiger partial charge in [0.2, 0.25) is 0 Å². The standard InChI is InChI=1S/C14H22N4O/c1-4-14(2)5-7-18(8-6-14)13(19)11-9-16-10-12(15-3)17-11/h9-10H,4-8H2,1-3H3,(H,15,17). The highest BCUT2D eigenvalue weighted by Crippen LogP contribution is 2.34. The van der Waals surface area contributed by atoms with Crippen LogP contribution in [-0.4, -0.2) is 40.9 Å². The second-order valence-corrected chi connectivity index (χ2v) is 5.50. The molecule has 19 heavy (non-hydrogen) atoms. The molecule has 5 heteroatoms. The molecule has 0 aromatic carbocycles. The van der Waals surface area contributed by atoms with Crippen LogP contribution in [0.2, 0.25) is 0 Å². The number of amides is 1. The van der Waals surface area contributed by atoms with E-state index in [1.165, 1.54) is 12.6 Å². The van der Waals surface area contributed by atoms with Crippen LogP contribution < -0.4 is 5.32 Å². The Morgan fingerprint density at radius 1 is 1.42 bits per heavy atom. The van der Waals surface area contributed by atoms with Gasteiger partial charge in [-0.2, -0.15) is 0 Å². The van der Waals surface area contributed by atoms with Gasteiger partial charge in [0.25, 0.3) is 5.91 Å². The van der Waals surface area contributed by atoms with E-state index in [2.05, 4.69) is 29.1 Å². The van der Waals surface area contributed by atoms with Crippen molar-refractivity contribution in [2.45, 2.75) is 33.1 Å². The van der Waals surface area contributed by atoms with Crippen LogP contribution in [0.3, 0.4) is 0 Å². The smallest absolute Gasteiger partial charge is 0.274 e. The molecule has 0 spiro atoms. The summed E-state index contributed by atoms with van der Waals surface area (Å²) in [5.41, 5.74) is 0.807. The topological polar surface area (TPSA) is 58.1 Å². The minimum absolute atomic E-state index is 0.0113. The third kappa shape index (κ3) is 3.03. The number of carbonyl (C=O) groups excluding carboxylic acids is 1. The van der Waals surface area contributed by atoms with Gasteiger partial charge in [0.1, 0.15) is 11.5 Å². The molecule has 1 N–H and O–H groups in total. The Morgan fingerprint density at radius 2 is 2.11 bits per heavy atom. The van der Waals surface area contributed by atoms with Crippen molar-refractivity contribution in [2.24, 2.45) is 5.41 Å². The van der Waals surface area contributed by atoms with E-state index in [0.29, 0.717) is 16.9 Å². The van der Waals surface area contributed by atoms with Crippen LogP contribution in [0.5, 0.6) is 0 Å². The lowest BCUT2D eigenvalue weighted by molar-refractivity contribution is 0.0594. The summed E-state index contributed by atoms with van der Waals surface area (Å²) >= 11 is 0. The molecule has 1 aromatic rings. The average Bonchev–Trinajstić information content (AvgIpc) is 2.47. The molecule has 104 valence electrons. The van der Waals surface area contributed by atoms with E-state index in [-0.39, 0.29) is 5.91 Å². The summed E-state index contributed by atoms with van der Waals surface area (Å²) in [5.74, 6) is 0.615. The number of rotatable bonds is 3. The predicted octanol–water partition coefficient (Wildman–Crippen LogP) is 2.17. The highest BCUT2D eigenvalue weighted by molar-refractivity contribution is 5.92. The van der Waals surface area contributed by atoms with E-state index in [9.17, 15) is 4.79 Å². The molecule has 0 radical (unpaired) electrons. The zero-order valence-corrected chi connectivity index (χ0v) is 11.9. The molecule has 1 aromatic heterocycles. The molecule has 1 aliphatic rings. The van der Waals surface area contributed by atoms with Crippen LogP contribution in [-0.2, 0) is 0 Å². The molecule has 0 unspecified atom stereocenters. The first-order chi connectivity index (χ1) is 9.08. The van der Waals surface area contributed by atoms with Crippen molar-refractivity contribution in [1.82, 2.24) is 14.9 Å². The van der Waals surface area contributed by atoms with Gasteiger partial charge in [-0.3, -0.25) is 9.78 Å². The third-order valence-corrected chi connectivity index (χ3v) is 4.22. The Balaban J connectivity index is 2.05. The van der Waals surface area contributed by atoms with Crippen molar-refractivity contribution >= 4 is 11.7 Å². The SMILES string of the molecule is CCC1(C)CCN(C(=O)c2cncc(NC)n2)CC1. The molecule has 5 nitrogen and oxygen atoms in total. The maximum absolute atomic E-state index is 12.4. The van der Waals surface area contributed by atoms with Gasteiger partial charge in [0.05, 0.1) is 12.4 Å². The van der Waals surface area contributed by atoms with Crippen molar-refractivity contribution < 1.29 is 4.79 Å². The van der Waals surface area contributed by atoms with Gasteiger partial charge in [0.15, 0.2) is 0 Å². The number of nitrogens with one attached hydrogen (secondary N) is 1. The number of hydrogen-bond donors (Lipinski definition) is 1. The maximum atomic E-state index is 12.4. The molecule has 2 heterocycles. The van der Waals surface area contributed by atoms with Crippen LogP contribution in [0.25, 0.3) is 0 Å². The third-order valence-electron chi connectivity index (χ3n) is 4.22. The summed E-state index contributed by atoms with van der Waals surface area (Å²) in [6, 6.07) is 0. The number of piperidine rings is 1. The number of carbonyl (C=O) groups is 1. The summed E-state index contributed by atoms with van der Waals surface area (Å²) < 4.78 is 0. The summed E-state index contributed by atoms with van der Waals surface area (Å²) in [4.78, 5) is 22.6. The summed E-state index contributed by atoms with van der Waals surface area (Å²) in [7, 11) is 1.77. The average molecular weight is 262 g/mol. The Hall–Kier alpha value is -1.65. The minimum atomic E-state index is -0.0113. The summed E-state index contributed by atoms with van der Waals surface area (Å²) in [6.07, 6.45) is 6.45. The number of likely N-dealkylation sites (tertiary alicyclic amines) is 1. The number of anilines is 1. The Labute approximate surface area is 114 Å². The molecule has 0 bridgehead atoms. The second kappa shape index (κ2) is 5.55. The van der Waals surface area contributed by atoms with Crippen LogP contribution in [0.4, 0.5) is 5.82 Å². The molecule has 0 saturated carbocycles. The van der Waals surface area contributed by atoms with Crippen molar-refractivity contribution in [2.75, 3.05) is 25.5 Å². The van der Waals surface area contributed by atoms with Crippen LogP contribution in [0, 0.1) is 5.41 Å². The number of hydrogen-bond acceptors (Lipinski definition) is 4. The maximum Gasteiger partial charge on any atom is 0.274 e. The molecule has 1 fully saturated rings. The molecule has 1 aliphatic heterocycles. The van der Waals surface area contributed by atoms with E-state index < -0.39 is 0 Å². The van der Waals surface area contributed by atoms with Gasteiger partial charge in [-0.05, 0) is 18.3 Å². The first kappa shape index (κ1) is 13.8. The Kier molecular flexibility index (Phi) is 4.02. The highest BCUT2D eigenvalue weighted by Gasteiger charge is 2.31. The number of nitrogens with zero attached hydrogens (tertiary/aromatic N) is 3. The Bertz CT molecular complexity index is 453. The largest absolute Gasteiger partial charge is 0.372 e. The van der Waals surface area contributed by atoms with Crippen LogP contribution in [0.15, 0.2) is 12.4 Å². The van der Waals surface area contributed by atoms with Gasteiger partial charge in [0, 0.05) is 20.1 Å². The lowest BCUT2D eigenvalue weighted by atomic mass is 9.78.